The van der Waals surface area contributed by atoms with E-state index in [-0.39, 0.29) is 82.6 Å². The van der Waals surface area contributed by atoms with Crippen LogP contribution in [-0.2, 0) is 102 Å². The molecule has 1 aliphatic rings. The fraction of sp³-hybridized carbons (Fsp3) is 0.609. The van der Waals surface area contributed by atoms with E-state index in [2.05, 4.69) is 21.3 Å². The number of benzene rings is 2. The fourth-order valence-electron chi connectivity index (χ4n) is 9.26. The highest BCUT2D eigenvalue weighted by atomic mass is 16.6. The summed E-state index contributed by atoms with van der Waals surface area (Å²) in [5.74, 6) is -1.98. The standard InChI is InChI=1S/C64H96N8O20/c1-5-49-50-40-48(13-14-53(50)69-60-51(49)42-72-55(60)41-56(73)52(63(72)78)44-92-58(75)6-2)91-43-46-9-11-47(12-10-46)68-61(76)54(8-7-17-67-64(66)79)70-62(77)59(45(3)4)71-57(74)15-18-80-20-22-82-24-26-84-28-30-86-32-34-88-36-38-90-39-37-89-35-33-87-31-29-85-27-25-83-23-21-81-19-16-65/h9-14,40-41,45,54,59,73H,5-8,15-39,42-44,65H2,1-4H3,(H,68,76)(H,70,77)(H,71,74)(H3,66,67,79)/t54-,59?/m0/s1. The lowest BCUT2D eigenvalue weighted by Gasteiger charge is -2.25. The molecule has 0 spiro atoms. The molecule has 0 saturated carbocycles. The number of nitrogens with two attached hydrogens (primary N) is 2. The van der Waals surface area contributed by atoms with E-state index in [1.807, 2.05) is 19.1 Å². The Kier molecular flexibility index (Phi) is 36.7. The van der Waals surface area contributed by atoms with Crippen LogP contribution in [0.15, 0.2) is 53.3 Å². The lowest BCUT2D eigenvalue weighted by atomic mass is 9.98. The number of carbonyl (C=O) groups excluding carboxylic acids is 5. The van der Waals surface area contributed by atoms with Gasteiger partial charge in [-0.3, -0.25) is 24.0 Å². The first-order valence-corrected chi connectivity index (χ1v) is 31.5. The van der Waals surface area contributed by atoms with Crippen LogP contribution in [0.2, 0.25) is 0 Å². The second kappa shape index (κ2) is 44.6. The summed E-state index contributed by atoms with van der Waals surface area (Å²) in [5, 5.41) is 22.6. The predicted molar refractivity (Wildman–Crippen MR) is 339 cm³/mol. The van der Waals surface area contributed by atoms with E-state index >= 15 is 0 Å². The van der Waals surface area contributed by atoms with Crippen LogP contribution in [0.25, 0.3) is 22.3 Å². The molecule has 5 rings (SSSR count). The number of primary amides is 1. The highest BCUT2D eigenvalue weighted by Gasteiger charge is 2.30. The van der Waals surface area contributed by atoms with Crippen molar-refractivity contribution in [2.45, 2.75) is 91.6 Å². The number of urea groups is 1. The summed E-state index contributed by atoms with van der Waals surface area (Å²) in [7, 11) is 0. The Labute approximate surface area is 537 Å². The smallest absolute Gasteiger partial charge is 0.312 e. The first kappa shape index (κ1) is 75.8. The molecule has 9 N–H and O–H groups in total. The molecule has 0 aliphatic carbocycles. The molecule has 3 heterocycles. The van der Waals surface area contributed by atoms with Crippen LogP contribution < -0.4 is 43.0 Å². The molecule has 0 radical (unpaired) electrons. The summed E-state index contributed by atoms with van der Waals surface area (Å²) >= 11 is 0. The summed E-state index contributed by atoms with van der Waals surface area (Å²) in [5.41, 5.74) is 15.0. The van der Waals surface area contributed by atoms with Crippen molar-refractivity contribution in [3.05, 3.63) is 81.1 Å². The number of rotatable bonds is 52. The number of ether oxygens (including phenoxy) is 13. The number of nitrogens with one attached hydrogen (secondary N) is 4. The van der Waals surface area contributed by atoms with E-state index in [9.17, 15) is 33.9 Å². The lowest BCUT2D eigenvalue weighted by Crippen LogP contribution is -2.54. The van der Waals surface area contributed by atoms with Gasteiger partial charge in [-0.25, -0.2) is 9.78 Å². The van der Waals surface area contributed by atoms with E-state index in [4.69, 9.17) is 78.0 Å². The third-order valence-corrected chi connectivity index (χ3v) is 14.1. The van der Waals surface area contributed by atoms with E-state index < -0.39 is 47.4 Å². The largest absolute Gasteiger partial charge is 0.507 e. The number of pyridine rings is 2. The molecule has 1 unspecified atom stereocenters. The van der Waals surface area contributed by atoms with Crippen LogP contribution in [-0.4, -0.2) is 215 Å². The van der Waals surface area contributed by atoms with E-state index in [1.54, 1.807) is 55.7 Å². The molecule has 512 valence electrons. The Morgan fingerprint density at radius 3 is 1.65 bits per heavy atom. The second-order valence-electron chi connectivity index (χ2n) is 21.3. The molecule has 4 aromatic rings. The Balaban J connectivity index is 0.912. The van der Waals surface area contributed by atoms with Gasteiger partial charge in [-0.1, -0.05) is 39.8 Å². The number of aromatic hydroxyl groups is 1. The summed E-state index contributed by atoms with van der Waals surface area (Å²) in [4.78, 5) is 82.1. The predicted octanol–water partition coefficient (Wildman–Crippen LogP) is 3.27. The fourth-order valence-corrected chi connectivity index (χ4v) is 9.26. The Hall–Kier alpha value is -6.93. The van der Waals surface area contributed by atoms with Gasteiger partial charge >= 0.3 is 12.0 Å². The summed E-state index contributed by atoms with van der Waals surface area (Å²) in [6.07, 6.45) is 1.21. The SMILES string of the molecule is CCC(=O)OCc1c(O)cc2n(c1=O)Cc1c-2nc2ccc(OCc3ccc(NC(=O)[C@H](CCCNC(N)=O)NC(=O)C(NC(=O)CCOCCOCCOCCOCCOCCOCCOCCOCCOCCOCCOCCN)C(C)C)cc3)cc2c1CC. The van der Waals surface area contributed by atoms with Crippen molar-refractivity contribution in [3.63, 3.8) is 0 Å². The number of nitrogens with zero attached hydrogens (tertiary/aromatic N) is 2. The average Bonchev–Trinajstić information content (AvgIpc) is 1.57. The van der Waals surface area contributed by atoms with Gasteiger partial charge in [0.25, 0.3) is 5.56 Å². The van der Waals surface area contributed by atoms with Gasteiger partial charge in [0.2, 0.25) is 17.7 Å². The molecule has 2 aromatic carbocycles. The van der Waals surface area contributed by atoms with Crippen molar-refractivity contribution in [1.29, 1.82) is 0 Å². The van der Waals surface area contributed by atoms with Gasteiger partial charge in [0.05, 0.1) is 174 Å². The topological polar surface area (TPSA) is 361 Å². The highest BCUT2D eigenvalue weighted by Crippen LogP contribution is 2.38. The van der Waals surface area contributed by atoms with Gasteiger partial charge in [-0.15, -0.1) is 0 Å². The zero-order valence-corrected chi connectivity index (χ0v) is 53.7. The first-order chi connectivity index (χ1) is 44.7. The number of aromatic nitrogens is 2. The van der Waals surface area contributed by atoms with Gasteiger partial charge in [-0.2, -0.15) is 0 Å². The number of hydrogen-bond acceptors (Lipinski definition) is 22. The van der Waals surface area contributed by atoms with Crippen LogP contribution in [0, 0.1) is 5.92 Å². The van der Waals surface area contributed by atoms with Crippen molar-refractivity contribution in [3.8, 4) is 22.9 Å². The molecule has 0 fully saturated rings. The molecule has 2 atom stereocenters. The monoisotopic (exact) mass is 1300 g/mol. The number of aryl methyl sites for hydroxylation is 1. The molecule has 0 saturated heterocycles. The van der Waals surface area contributed by atoms with Crippen molar-refractivity contribution in [1.82, 2.24) is 25.5 Å². The lowest BCUT2D eigenvalue weighted by molar-refractivity contribution is -0.144. The molecule has 0 bridgehead atoms. The minimum atomic E-state index is -1.04. The minimum absolute atomic E-state index is 0.00362. The van der Waals surface area contributed by atoms with Crippen LogP contribution in [0.4, 0.5) is 10.5 Å². The molecule has 28 heteroatoms. The van der Waals surface area contributed by atoms with Crippen molar-refractivity contribution in [2.24, 2.45) is 17.4 Å². The zero-order chi connectivity index (χ0) is 66.1. The number of esters is 1. The number of hydrogen-bond donors (Lipinski definition) is 7. The van der Waals surface area contributed by atoms with Crippen molar-refractivity contribution in [2.75, 3.05) is 164 Å². The number of fused-ring (bicyclic) bond motifs is 4. The normalized spacial score (nSPS) is 12.4. The van der Waals surface area contributed by atoms with Gasteiger partial charge in [0, 0.05) is 48.6 Å². The molecule has 5 amide bonds. The zero-order valence-electron chi connectivity index (χ0n) is 53.7. The van der Waals surface area contributed by atoms with Gasteiger partial charge < -0.3 is 104 Å². The maximum atomic E-state index is 13.8. The van der Waals surface area contributed by atoms with Gasteiger partial charge in [0.15, 0.2) is 0 Å². The summed E-state index contributed by atoms with van der Waals surface area (Å²) < 4.78 is 73.2. The third kappa shape index (κ3) is 28.1. The molecular formula is C64H96N8O20. The Morgan fingerprint density at radius 1 is 0.641 bits per heavy atom. The molecule has 28 nitrogen and oxygen atoms in total. The van der Waals surface area contributed by atoms with E-state index in [0.717, 1.165) is 22.1 Å². The van der Waals surface area contributed by atoms with E-state index in [1.165, 1.54) is 6.07 Å². The Bertz CT molecular complexity index is 2900. The van der Waals surface area contributed by atoms with Crippen LogP contribution in [0.5, 0.6) is 11.5 Å². The molecule has 92 heavy (non-hydrogen) atoms. The van der Waals surface area contributed by atoms with Gasteiger partial charge in [0.1, 0.15) is 36.8 Å². The second-order valence-corrected chi connectivity index (χ2v) is 21.3. The van der Waals surface area contributed by atoms with Gasteiger partial charge in [-0.05, 0) is 66.6 Å². The van der Waals surface area contributed by atoms with Crippen LogP contribution in [0.3, 0.4) is 0 Å². The van der Waals surface area contributed by atoms with E-state index in [0.29, 0.717) is 173 Å². The highest BCUT2D eigenvalue weighted by molar-refractivity contribution is 5.98. The molecule has 1 aliphatic heterocycles. The summed E-state index contributed by atoms with van der Waals surface area (Å²) in [6, 6.07) is 11.3. The minimum Gasteiger partial charge on any atom is -0.507 e. The number of carbonyl (C=O) groups is 5. The maximum Gasteiger partial charge on any atom is 0.312 e. The quantitative estimate of drug-likeness (QED) is 0.0217. The average molecular weight is 1300 g/mol. The molecular weight excluding hydrogens is 1200 g/mol. The number of amides is 5. The van der Waals surface area contributed by atoms with Crippen molar-refractivity contribution >= 4 is 46.3 Å². The molecule has 2 aromatic heterocycles. The first-order valence-electron chi connectivity index (χ1n) is 31.5. The van der Waals surface area contributed by atoms with Crippen LogP contribution in [0.1, 0.15) is 75.6 Å². The number of anilines is 1. The summed E-state index contributed by atoms with van der Waals surface area (Å²) in [6.45, 7) is 17.3. The maximum absolute atomic E-state index is 13.8. The van der Waals surface area contributed by atoms with Crippen molar-refractivity contribution < 1.29 is 90.7 Å². The Morgan fingerprint density at radius 2 is 1.16 bits per heavy atom. The van der Waals surface area contributed by atoms with Crippen LogP contribution >= 0.6 is 0 Å². The third-order valence-electron chi connectivity index (χ3n) is 14.1.